The third-order valence-corrected chi connectivity index (χ3v) is 5.41. The van der Waals surface area contributed by atoms with E-state index in [-0.39, 0.29) is 11.7 Å². The van der Waals surface area contributed by atoms with Gasteiger partial charge in [-0.15, -0.1) is 0 Å². The number of halogens is 1. The van der Waals surface area contributed by atoms with Gasteiger partial charge >= 0.3 is 0 Å². The molecule has 1 fully saturated rings. The zero-order valence-corrected chi connectivity index (χ0v) is 18.2. The molecule has 2 N–H and O–H groups in total. The van der Waals surface area contributed by atoms with Crippen LogP contribution in [0.3, 0.4) is 0 Å². The highest BCUT2D eigenvalue weighted by Crippen LogP contribution is 2.26. The van der Waals surface area contributed by atoms with E-state index < -0.39 is 0 Å². The molecule has 1 aliphatic heterocycles. The van der Waals surface area contributed by atoms with Crippen molar-refractivity contribution in [3.05, 3.63) is 73.3 Å². The molecule has 2 aromatic carbocycles. The van der Waals surface area contributed by atoms with Crippen molar-refractivity contribution in [1.29, 1.82) is 0 Å². The van der Waals surface area contributed by atoms with E-state index in [0.717, 1.165) is 5.39 Å². The van der Waals surface area contributed by atoms with Crippen LogP contribution in [-0.4, -0.2) is 52.0 Å². The third-order valence-electron chi connectivity index (χ3n) is 5.41. The van der Waals surface area contributed by atoms with Crippen molar-refractivity contribution >= 4 is 40.0 Å². The van der Waals surface area contributed by atoms with Crippen molar-refractivity contribution in [1.82, 2.24) is 19.7 Å². The van der Waals surface area contributed by atoms with Crippen molar-refractivity contribution in [3.8, 4) is 5.69 Å². The number of hydrogen-bond acceptors (Lipinski definition) is 7. The summed E-state index contributed by atoms with van der Waals surface area (Å²) in [5.41, 5.74) is 2.97. The second kappa shape index (κ2) is 9.28. The molecule has 1 amide bonds. The minimum Gasteiger partial charge on any atom is -0.378 e. The van der Waals surface area contributed by atoms with Crippen LogP contribution in [-0.2, 0) is 9.53 Å². The van der Waals surface area contributed by atoms with E-state index in [9.17, 15) is 9.18 Å². The molecule has 0 aliphatic carbocycles. The van der Waals surface area contributed by atoms with E-state index in [4.69, 9.17) is 4.74 Å². The van der Waals surface area contributed by atoms with Crippen LogP contribution in [0.5, 0.6) is 0 Å². The number of anilines is 4. The molecule has 0 saturated carbocycles. The summed E-state index contributed by atoms with van der Waals surface area (Å²) in [6.45, 7) is 5.96. The van der Waals surface area contributed by atoms with Crippen molar-refractivity contribution in [2.24, 2.45) is 0 Å². The Morgan fingerprint density at radius 1 is 1.12 bits per heavy atom. The Hall–Kier alpha value is -4.31. The van der Waals surface area contributed by atoms with Crippen molar-refractivity contribution in [2.45, 2.75) is 0 Å². The normalized spacial score (nSPS) is 13.6. The molecular weight excluding hydrogens is 437 g/mol. The number of aromatic nitrogens is 4. The molecule has 0 radical (unpaired) electrons. The third kappa shape index (κ3) is 4.44. The van der Waals surface area contributed by atoms with Gasteiger partial charge in [-0.1, -0.05) is 12.6 Å². The van der Waals surface area contributed by atoms with Crippen molar-refractivity contribution in [3.63, 3.8) is 0 Å². The highest BCUT2D eigenvalue weighted by Gasteiger charge is 2.16. The number of carbonyl (C=O) groups is 1. The fraction of sp³-hybridized carbons (Fsp3) is 0.167. The van der Waals surface area contributed by atoms with E-state index in [2.05, 4.69) is 32.3 Å². The molecule has 3 heterocycles. The van der Waals surface area contributed by atoms with Crippen molar-refractivity contribution < 1.29 is 13.9 Å². The second-order valence-corrected chi connectivity index (χ2v) is 7.66. The molecule has 1 saturated heterocycles. The number of morpholine rings is 1. The molecule has 5 rings (SSSR count). The lowest BCUT2D eigenvalue weighted by Gasteiger charge is -2.29. The number of hydrogen-bond donors (Lipinski definition) is 2. The monoisotopic (exact) mass is 459 g/mol. The van der Waals surface area contributed by atoms with Gasteiger partial charge in [0, 0.05) is 30.7 Å². The van der Waals surface area contributed by atoms with Crippen LogP contribution in [0, 0.1) is 5.82 Å². The first kappa shape index (κ1) is 21.5. The molecule has 172 valence electrons. The molecule has 0 bridgehead atoms. The number of nitrogens with zero attached hydrogens (tertiary/aromatic N) is 5. The van der Waals surface area contributed by atoms with Crippen LogP contribution in [0.25, 0.3) is 16.7 Å². The smallest absolute Gasteiger partial charge is 0.247 e. The Bertz CT molecular complexity index is 1360. The SMILES string of the molecule is C=CC(=O)Nc1cccc(-n2ncc3cnc(Nc4ccc(N5CCOCC5)c(F)c4)nc32)c1. The summed E-state index contributed by atoms with van der Waals surface area (Å²) in [6.07, 6.45) is 4.51. The predicted octanol–water partition coefficient (Wildman–Crippen LogP) is 3.66. The van der Waals surface area contributed by atoms with Crippen LogP contribution < -0.4 is 15.5 Å². The number of nitrogens with one attached hydrogen (secondary N) is 2. The maximum atomic E-state index is 14.8. The lowest BCUT2D eigenvalue weighted by molar-refractivity contribution is -0.111. The van der Waals surface area contributed by atoms with Gasteiger partial charge < -0.3 is 20.3 Å². The molecule has 0 unspecified atom stereocenters. The average molecular weight is 459 g/mol. The van der Waals surface area contributed by atoms with E-state index in [0.29, 0.717) is 60.6 Å². The highest BCUT2D eigenvalue weighted by molar-refractivity contribution is 5.99. The van der Waals surface area contributed by atoms with E-state index in [1.165, 1.54) is 12.1 Å². The largest absolute Gasteiger partial charge is 0.378 e. The van der Waals surface area contributed by atoms with Gasteiger partial charge in [0.2, 0.25) is 11.9 Å². The fourth-order valence-electron chi connectivity index (χ4n) is 3.75. The minimum absolute atomic E-state index is 0.303. The summed E-state index contributed by atoms with van der Waals surface area (Å²) in [6, 6.07) is 12.2. The topological polar surface area (TPSA) is 97.2 Å². The Labute approximate surface area is 194 Å². The Morgan fingerprint density at radius 3 is 2.76 bits per heavy atom. The minimum atomic E-state index is -0.323. The first-order chi connectivity index (χ1) is 16.6. The molecule has 2 aromatic heterocycles. The van der Waals surface area contributed by atoms with Gasteiger partial charge in [0.25, 0.3) is 0 Å². The second-order valence-electron chi connectivity index (χ2n) is 7.66. The van der Waals surface area contributed by atoms with Crippen LogP contribution in [0.15, 0.2) is 67.5 Å². The van der Waals surface area contributed by atoms with Crippen molar-refractivity contribution in [2.75, 3.05) is 41.8 Å². The van der Waals surface area contributed by atoms with Gasteiger partial charge in [0.15, 0.2) is 5.65 Å². The summed E-state index contributed by atoms with van der Waals surface area (Å²) in [4.78, 5) is 22.5. The van der Waals surface area contributed by atoms with Crippen LogP contribution in [0.1, 0.15) is 0 Å². The van der Waals surface area contributed by atoms with Crippen LogP contribution in [0.4, 0.5) is 27.4 Å². The van der Waals surface area contributed by atoms with Gasteiger partial charge in [-0.25, -0.2) is 14.1 Å². The first-order valence-corrected chi connectivity index (χ1v) is 10.7. The van der Waals surface area contributed by atoms with E-state index in [1.54, 1.807) is 47.4 Å². The average Bonchev–Trinajstić information content (AvgIpc) is 3.28. The lowest BCUT2D eigenvalue weighted by Crippen LogP contribution is -2.36. The molecule has 0 spiro atoms. The molecule has 34 heavy (non-hydrogen) atoms. The number of rotatable bonds is 6. The molecular formula is C24H22FN7O2. The lowest BCUT2D eigenvalue weighted by atomic mass is 10.2. The number of carbonyl (C=O) groups excluding carboxylic acids is 1. The zero-order valence-electron chi connectivity index (χ0n) is 18.2. The highest BCUT2D eigenvalue weighted by atomic mass is 19.1. The number of benzene rings is 2. The quantitative estimate of drug-likeness (QED) is 0.425. The van der Waals surface area contributed by atoms with Gasteiger partial charge in [0.05, 0.1) is 36.2 Å². The Morgan fingerprint density at radius 2 is 1.97 bits per heavy atom. The maximum Gasteiger partial charge on any atom is 0.247 e. The van der Waals surface area contributed by atoms with E-state index in [1.807, 2.05) is 11.0 Å². The van der Waals surface area contributed by atoms with E-state index >= 15 is 0 Å². The maximum absolute atomic E-state index is 14.8. The summed E-state index contributed by atoms with van der Waals surface area (Å²) in [7, 11) is 0. The summed E-state index contributed by atoms with van der Waals surface area (Å²) in [5, 5.41) is 10.9. The molecule has 10 heteroatoms. The first-order valence-electron chi connectivity index (χ1n) is 10.7. The summed E-state index contributed by atoms with van der Waals surface area (Å²) < 4.78 is 21.8. The van der Waals surface area contributed by atoms with Gasteiger partial charge in [-0.3, -0.25) is 4.79 Å². The fourth-order valence-corrected chi connectivity index (χ4v) is 3.75. The zero-order chi connectivity index (χ0) is 23.5. The molecule has 0 atom stereocenters. The Kier molecular flexibility index (Phi) is 5.88. The predicted molar refractivity (Wildman–Crippen MR) is 128 cm³/mol. The summed E-state index contributed by atoms with van der Waals surface area (Å²) >= 11 is 0. The molecule has 9 nitrogen and oxygen atoms in total. The molecule has 4 aromatic rings. The van der Waals surface area contributed by atoms with Gasteiger partial charge in [-0.05, 0) is 42.5 Å². The Balaban J connectivity index is 1.40. The number of fused-ring (bicyclic) bond motifs is 1. The van der Waals surface area contributed by atoms with Gasteiger partial charge in [0.1, 0.15) is 5.82 Å². The number of ether oxygens (including phenoxy) is 1. The standard InChI is InChI=1S/C24H22FN7O2/c1-2-22(33)28-17-4-3-5-19(12-17)32-23-16(15-27-32)14-26-24(30-23)29-18-6-7-21(20(25)13-18)31-8-10-34-11-9-31/h2-7,12-15H,1,8-11H2,(H,28,33)(H,26,29,30). The van der Waals surface area contributed by atoms with Crippen LogP contribution in [0.2, 0.25) is 0 Å². The van der Waals surface area contributed by atoms with Gasteiger partial charge in [-0.2, -0.15) is 10.1 Å². The molecule has 1 aliphatic rings. The summed E-state index contributed by atoms with van der Waals surface area (Å²) in [5.74, 6) is -0.316. The van der Waals surface area contributed by atoms with Crippen LogP contribution >= 0.6 is 0 Å². The number of amides is 1.